The molecule has 186 valence electrons. The average Bonchev–Trinajstić information content (AvgIpc) is 3.25. The summed E-state index contributed by atoms with van der Waals surface area (Å²) in [6.07, 6.45) is 6.94. The molecule has 0 saturated carbocycles. The van der Waals surface area contributed by atoms with E-state index in [4.69, 9.17) is 4.74 Å². The number of H-pyrrole nitrogens is 1. The molecule has 35 heavy (non-hydrogen) atoms. The second-order valence-electron chi connectivity index (χ2n) is 9.29. The van der Waals surface area contributed by atoms with Crippen molar-refractivity contribution < 1.29 is 19.1 Å². The van der Waals surface area contributed by atoms with E-state index in [1.807, 2.05) is 42.6 Å². The number of para-hydroxylation sites is 1. The number of nitrogens with one attached hydrogen (secondary N) is 2. The molecule has 3 aromatic rings. The van der Waals surface area contributed by atoms with Gasteiger partial charge >= 0.3 is 0 Å². The molecule has 1 aromatic heterocycles. The Morgan fingerprint density at radius 1 is 0.971 bits per heavy atom. The average molecular weight is 477 g/mol. The molecule has 2 aromatic carbocycles. The van der Waals surface area contributed by atoms with Crippen LogP contribution in [0.4, 0.5) is 0 Å². The maximum atomic E-state index is 13.1. The number of carbonyl (C=O) groups excluding carboxylic acids is 3. The molecule has 0 fully saturated rings. The fourth-order valence-electron chi connectivity index (χ4n) is 4.47. The molecule has 0 aliphatic carbocycles. The van der Waals surface area contributed by atoms with E-state index in [-0.39, 0.29) is 23.9 Å². The quantitative estimate of drug-likeness (QED) is 0.313. The van der Waals surface area contributed by atoms with Crippen molar-refractivity contribution in [2.24, 2.45) is 5.92 Å². The summed E-state index contributed by atoms with van der Waals surface area (Å²) in [7, 11) is 1.66. The lowest BCUT2D eigenvalue weighted by Gasteiger charge is -2.21. The molecular weight excluding hydrogens is 440 g/mol. The van der Waals surface area contributed by atoms with E-state index in [9.17, 15) is 14.4 Å². The zero-order valence-corrected chi connectivity index (χ0v) is 20.9. The van der Waals surface area contributed by atoms with Crippen LogP contribution in [-0.2, 0) is 27.2 Å². The summed E-state index contributed by atoms with van der Waals surface area (Å²) in [5.74, 6) is 0.109. The molecule has 0 radical (unpaired) electrons. The van der Waals surface area contributed by atoms with Crippen LogP contribution in [0.2, 0.25) is 0 Å². The number of Topliss-reactive ketones (excluding diaryl/α,β-unsaturated/α-hetero) is 2. The number of benzene rings is 2. The van der Waals surface area contributed by atoms with Crippen LogP contribution in [0.25, 0.3) is 10.9 Å². The Labute approximate surface area is 207 Å². The highest BCUT2D eigenvalue weighted by atomic mass is 16.5. The summed E-state index contributed by atoms with van der Waals surface area (Å²) in [6, 6.07) is 15.3. The van der Waals surface area contributed by atoms with Crippen molar-refractivity contribution in [3.63, 3.8) is 0 Å². The summed E-state index contributed by atoms with van der Waals surface area (Å²) in [4.78, 5) is 40.5. The molecule has 0 bridgehead atoms. The molecule has 1 heterocycles. The van der Waals surface area contributed by atoms with E-state index >= 15 is 0 Å². The highest BCUT2D eigenvalue weighted by Crippen LogP contribution is 2.21. The van der Waals surface area contributed by atoms with Crippen molar-refractivity contribution in [3.8, 4) is 5.75 Å². The van der Waals surface area contributed by atoms with Gasteiger partial charge in [-0.3, -0.25) is 9.59 Å². The summed E-state index contributed by atoms with van der Waals surface area (Å²) in [5, 5.41) is 3.98. The molecule has 0 aliphatic rings. The Morgan fingerprint density at radius 2 is 1.71 bits per heavy atom. The number of ketones is 2. The number of aryl methyl sites for hydroxylation is 1. The van der Waals surface area contributed by atoms with E-state index < -0.39 is 12.0 Å². The smallest absolute Gasteiger partial charge is 0.224 e. The van der Waals surface area contributed by atoms with Gasteiger partial charge in [-0.15, -0.1) is 0 Å². The number of aromatic nitrogens is 1. The monoisotopic (exact) mass is 476 g/mol. The third-order valence-corrected chi connectivity index (χ3v) is 6.49. The molecule has 0 aliphatic heterocycles. The van der Waals surface area contributed by atoms with Crippen LogP contribution in [0, 0.1) is 5.92 Å². The number of aromatic amines is 1. The molecule has 6 heteroatoms. The predicted molar refractivity (Wildman–Crippen MR) is 139 cm³/mol. The zero-order chi connectivity index (χ0) is 25.2. The first-order valence-electron chi connectivity index (χ1n) is 12.4. The lowest BCUT2D eigenvalue weighted by molar-refractivity contribution is -0.131. The van der Waals surface area contributed by atoms with Crippen LogP contribution in [-0.4, -0.2) is 35.6 Å². The van der Waals surface area contributed by atoms with E-state index in [1.54, 1.807) is 7.11 Å². The number of fused-ring (bicyclic) bond motifs is 1. The van der Waals surface area contributed by atoms with Crippen molar-refractivity contribution in [1.29, 1.82) is 0 Å². The Bertz CT molecular complexity index is 1130. The Morgan fingerprint density at radius 3 is 2.40 bits per heavy atom. The Kier molecular flexibility index (Phi) is 9.65. The second-order valence-corrected chi connectivity index (χ2v) is 9.29. The maximum Gasteiger partial charge on any atom is 0.224 e. The maximum absolute atomic E-state index is 13.1. The van der Waals surface area contributed by atoms with Gasteiger partial charge < -0.3 is 19.8 Å². The number of ether oxygens (including phenoxy) is 1. The lowest BCUT2D eigenvalue weighted by atomic mass is 9.93. The largest absolute Gasteiger partial charge is 0.497 e. The minimum Gasteiger partial charge on any atom is -0.497 e. The molecule has 0 spiro atoms. The molecule has 0 unspecified atom stereocenters. The molecule has 0 saturated heterocycles. The number of rotatable bonds is 14. The first-order valence-corrected chi connectivity index (χ1v) is 12.4. The van der Waals surface area contributed by atoms with Gasteiger partial charge in [0, 0.05) is 35.9 Å². The predicted octanol–water partition coefficient (Wildman–Crippen LogP) is 5.19. The van der Waals surface area contributed by atoms with Crippen LogP contribution in [0.3, 0.4) is 0 Å². The zero-order valence-electron chi connectivity index (χ0n) is 20.9. The fourth-order valence-corrected chi connectivity index (χ4v) is 4.47. The standard InChI is InChI=1S/C29H36N2O4/c1-20(32)17-23(10-6-4-5-9-22-13-15-25(35-3)16-14-22)29(34)31-28(21(2)33)18-24-19-30-27-12-8-7-11-26(24)27/h7-8,11-16,19,23,28,30H,4-6,9-10,17-18H2,1-3H3,(H,31,34)/t23-,28+/m1/s1. The van der Waals surface area contributed by atoms with Gasteiger partial charge in [-0.05, 0) is 62.4 Å². The van der Waals surface area contributed by atoms with Gasteiger partial charge in [0.2, 0.25) is 5.91 Å². The topological polar surface area (TPSA) is 88.3 Å². The van der Waals surface area contributed by atoms with Crippen LogP contribution >= 0.6 is 0 Å². The molecule has 2 N–H and O–H groups in total. The van der Waals surface area contributed by atoms with Crippen molar-refractivity contribution in [2.75, 3.05) is 7.11 Å². The highest BCUT2D eigenvalue weighted by Gasteiger charge is 2.25. The van der Waals surface area contributed by atoms with E-state index in [0.717, 1.165) is 47.9 Å². The highest BCUT2D eigenvalue weighted by molar-refractivity contribution is 5.91. The van der Waals surface area contributed by atoms with E-state index in [2.05, 4.69) is 22.4 Å². The van der Waals surface area contributed by atoms with Crippen LogP contribution < -0.4 is 10.1 Å². The van der Waals surface area contributed by atoms with Gasteiger partial charge in [0.05, 0.1) is 13.2 Å². The van der Waals surface area contributed by atoms with Crippen molar-refractivity contribution in [2.45, 2.75) is 64.8 Å². The molecule has 2 atom stereocenters. The van der Waals surface area contributed by atoms with Gasteiger partial charge in [-0.2, -0.15) is 0 Å². The van der Waals surface area contributed by atoms with Gasteiger partial charge in [-0.25, -0.2) is 0 Å². The summed E-state index contributed by atoms with van der Waals surface area (Å²) >= 11 is 0. The van der Waals surface area contributed by atoms with Crippen LogP contribution in [0.1, 0.15) is 57.1 Å². The normalized spacial score (nSPS) is 12.8. The first kappa shape index (κ1) is 26.2. The van der Waals surface area contributed by atoms with Gasteiger partial charge in [-0.1, -0.05) is 43.2 Å². The number of unbranched alkanes of at least 4 members (excludes halogenated alkanes) is 2. The molecule has 1 amide bonds. The van der Waals surface area contributed by atoms with Crippen LogP contribution in [0.5, 0.6) is 5.75 Å². The second kappa shape index (κ2) is 12.9. The summed E-state index contributed by atoms with van der Waals surface area (Å²) < 4.78 is 5.19. The third kappa shape index (κ3) is 7.81. The fraction of sp³-hybridized carbons (Fsp3) is 0.414. The Hall–Kier alpha value is -3.41. The number of carbonyl (C=O) groups is 3. The van der Waals surface area contributed by atoms with Crippen molar-refractivity contribution in [3.05, 3.63) is 65.9 Å². The number of methoxy groups -OCH3 is 1. The third-order valence-electron chi connectivity index (χ3n) is 6.49. The molecular formula is C29H36N2O4. The SMILES string of the molecule is COc1ccc(CCCCC[C@H](CC(C)=O)C(=O)N[C@@H](Cc2c[nH]c3ccccc23)C(C)=O)cc1. The Balaban J connectivity index is 1.53. The summed E-state index contributed by atoms with van der Waals surface area (Å²) in [5.41, 5.74) is 3.24. The van der Waals surface area contributed by atoms with E-state index in [0.29, 0.717) is 12.8 Å². The number of hydrogen-bond donors (Lipinski definition) is 2. The van der Waals surface area contributed by atoms with Gasteiger partial charge in [0.1, 0.15) is 11.5 Å². The molecule has 3 rings (SSSR count). The minimum atomic E-state index is -0.619. The lowest BCUT2D eigenvalue weighted by Crippen LogP contribution is -2.44. The first-order chi connectivity index (χ1) is 16.9. The van der Waals surface area contributed by atoms with Crippen molar-refractivity contribution in [1.82, 2.24) is 10.3 Å². The number of amides is 1. The van der Waals surface area contributed by atoms with Crippen molar-refractivity contribution >= 4 is 28.4 Å². The summed E-state index contributed by atoms with van der Waals surface area (Å²) in [6.45, 7) is 3.01. The van der Waals surface area contributed by atoms with Crippen LogP contribution in [0.15, 0.2) is 54.7 Å². The number of hydrogen-bond acceptors (Lipinski definition) is 4. The van der Waals surface area contributed by atoms with Gasteiger partial charge in [0.25, 0.3) is 0 Å². The van der Waals surface area contributed by atoms with Gasteiger partial charge in [0.15, 0.2) is 5.78 Å². The molecule has 6 nitrogen and oxygen atoms in total. The minimum absolute atomic E-state index is 0.0145. The van der Waals surface area contributed by atoms with E-state index in [1.165, 1.54) is 19.4 Å².